The zero-order chi connectivity index (χ0) is 30.7. The second-order valence-electron chi connectivity index (χ2n) is 11.5. The van der Waals surface area contributed by atoms with Crippen molar-refractivity contribution in [2.24, 2.45) is 17.8 Å². The number of allylic oxidation sites excluding steroid dienone is 2. The number of aliphatic hydroxyl groups excluding tert-OH is 4. The van der Waals surface area contributed by atoms with Gasteiger partial charge in [0.25, 0.3) is 0 Å². The molecule has 0 aliphatic heterocycles. The molecule has 0 saturated carbocycles. The highest BCUT2D eigenvalue weighted by Crippen LogP contribution is 2.22. The molecule has 40 heavy (non-hydrogen) atoms. The van der Waals surface area contributed by atoms with E-state index in [2.05, 4.69) is 13.8 Å². The summed E-state index contributed by atoms with van der Waals surface area (Å²) in [6, 6.07) is 0. The van der Waals surface area contributed by atoms with E-state index in [4.69, 9.17) is 9.84 Å². The number of hydrogen-bond acceptors (Lipinski definition) is 8. The van der Waals surface area contributed by atoms with Crippen molar-refractivity contribution < 1.29 is 44.7 Å². The summed E-state index contributed by atoms with van der Waals surface area (Å²) in [6.07, 6.45) is 10.0. The van der Waals surface area contributed by atoms with Gasteiger partial charge in [-0.1, -0.05) is 91.1 Å². The first kappa shape index (κ1) is 38.2. The number of carbonyl (C=O) groups excluding carboxylic acids is 2. The molecule has 0 saturated heterocycles. The van der Waals surface area contributed by atoms with Gasteiger partial charge in [0.05, 0.1) is 12.7 Å². The summed E-state index contributed by atoms with van der Waals surface area (Å²) < 4.78 is 4.92. The number of rotatable bonds is 24. The largest absolute Gasteiger partial charge is 0.479 e. The van der Waals surface area contributed by atoms with Crippen LogP contribution in [0.5, 0.6) is 0 Å². The van der Waals surface area contributed by atoms with Crippen LogP contribution in [-0.2, 0) is 19.1 Å². The summed E-state index contributed by atoms with van der Waals surface area (Å²) in [5.74, 6) is -3.92. The van der Waals surface area contributed by atoms with E-state index in [0.29, 0.717) is 11.5 Å². The van der Waals surface area contributed by atoms with Crippen LogP contribution in [0.3, 0.4) is 0 Å². The third-order valence-electron chi connectivity index (χ3n) is 7.47. The van der Waals surface area contributed by atoms with Crippen molar-refractivity contribution in [2.75, 3.05) is 6.61 Å². The van der Waals surface area contributed by atoms with E-state index >= 15 is 0 Å². The number of hydrogen-bond donors (Lipinski definition) is 5. The molecular formula is C31H56O9. The quantitative estimate of drug-likeness (QED) is 0.0483. The first-order valence-corrected chi connectivity index (χ1v) is 15.2. The molecule has 7 unspecified atom stereocenters. The number of aliphatic hydroxyl groups is 4. The topological polar surface area (TPSA) is 162 Å². The van der Waals surface area contributed by atoms with Gasteiger partial charge in [0.15, 0.2) is 18.0 Å². The first-order valence-electron chi connectivity index (χ1n) is 15.2. The highest BCUT2D eigenvalue weighted by Gasteiger charge is 2.35. The molecule has 234 valence electrons. The second kappa shape index (κ2) is 21.9. The van der Waals surface area contributed by atoms with Crippen molar-refractivity contribution in [1.82, 2.24) is 0 Å². The molecule has 0 aliphatic carbocycles. The minimum atomic E-state index is -2.25. The zero-order valence-corrected chi connectivity index (χ0v) is 25.4. The smallest absolute Gasteiger partial charge is 0.335 e. The van der Waals surface area contributed by atoms with E-state index in [-0.39, 0.29) is 12.0 Å². The monoisotopic (exact) mass is 572 g/mol. The molecule has 0 aromatic heterocycles. The summed E-state index contributed by atoms with van der Waals surface area (Å²) in [7, 11) is 0. The molecule has 0 heterocycles. The lowest BCUT2D eigenvalue weighted by atomic mass is 9.89. The van der Waals surface area contributed by atoms with Crippen LogP contribution in [0, 0.1) is 17.8 Å². The lowest BCUT2D eigenvalue weighted by Crippen LogP contribution is -2.46. The average Bonchev–Trinajstić information content (AvgIpc) is 2.91. The van der Waals surface area contributed by atoms with Crippen LogP contribution in [-0.4, -0.2) is 74.3 Å². The number of esters is 1. The maximum atomic E-state index is 12.8. The Kier molecular flexibility index (Phi) is 20.9. The molecule has 5 N–H and O–H groups in total. The maximum absolute atomic E-state index is 12.8. The van der Waals surface area contributed by atoms with Crippen molar-refractivity contribution in [1.29, 1.82) is 0 Å². The molecule has 0 aromatic rings. The number of carbonyl (C=O) groups is 3. The van der Waals surface area contributed by atoms with Crippen LogP contribution in [0.1, 0.15) is 118 Å². The van der Waals surface area contributed by atoms with Crippen LogP contribution in [0.15, 0.2) is 11.6 Å². The predicted molar refractivity (Wildman–Crippen MR) is 155 cm³/mol. The van der Waals surface area contributed by atoms with Crippen molar-refractivity contribution in [3.8, 4) is 0 Å². The number of ether oxygens (including phenoxy) is 1. The van der Waals surface area contributed by atoms with E-state index < -0.39 is 48.6 Å². The molecule has 0 aliphatic rings. The molecule has 0 amide bonds. The standard InChI is InChI=1S/C31H56O9/c1-6-7-8-9-10-11-12-16-25(33)17-14-13-15-21(2)18-22(3)19-23(4)27(34)24(5)31(39)40-26(20-32)28(35)29(36)30(37)38/h19,21-22,24-26,28-29,32-33,35-36H,6-18,20H2,1-5H3,(H,37,38)/b23-19+. The van der Waals surface area contributed by atoms with Crippen LogP contribution >= 0.6 is 0 Å². The van der Waals surface area contributed by atoms with Crippen LogP contribution < -0.4 is 0 Å². The van der Waals surface area contributed by atoms with E-state index in [9.17, 15) is 34.8 Å². The van der Waals surface area contributed by atoms with E-state index in [0.717, 1.165) is 44.9 Å². The maximum Gasteiger partial charge on any atom is 0.335 e. The fourth-order valence-electron chi connectivity index (χ4n) is 4.95. The number of Topliss-reactive ketones (excluding diaryl/α,β-unsaturated/α-hetero) is 1. The first-order chi connectivity index (χ1) is 18.8. The number of carboxylic acid groups (broad SMARTS) is 1. The fourth-order valence-corrected chi connectivity index (χ4v) is 4.95. The van der Waals surface area contributed by atoms with Gasteiger partial charge in [-0.25, -0.2) is 4.79 Å². The van der Waals surface area contributed by atoms with Crippen LogP contribution in [0.2, 0.25) is 0 Å². The third kappa shape index (κ3) is 16.5. The predicted octanol–water partition coefficient (Wildman–Crippen LogP) is 4.57. The molecule has 0 fully saturated rings. The number of aliphatic carboxylic acids is 1. The van der Waals surface area contributed by atoms with Crippen molar-refractivity contribution in [3.63, 3.8) is 0 Å². The normalized spacial score (nSPS) is 17.4. The van der Waals surface area contributed by atoms with Gasteiger partial charge in [0, 0.05) is 0 Å². The molecular weight excluding hydrogens is 516 g/mol. The Morgan fingerprint density at radius 3 is 1.90 bits per heavy atom. The SMILES string of the molecule is CCCCCCCCCC(O)CCCCC(C)CC(C)/C=C(\C)C(=O)C(C)C(=O)OC(CO)C(O)C(O)C(=O)O. The van der Waals surface area contributed by atoms with Gasteiger partial charge in [0.1, 0.15) is 12.0 Å². The Morgan fingerprint density at radius 2 is 1.35 bits per heavy atom. The molecule has 0 bridgehead atoms. The summed E-state index contributed by atoms with van der Waals surface area (Å²) in [6.45, 7) is 8.44. The molecule has 0 spiro atoms. The van der Waals surface area contributed by atoms with E-state index in [1.165, 1.54) is 45.4 Å². The number of ketones is 1. The molecule has 0 rings (SSSR count). The van der Waals surface area contributed by atoms with Crippen molar-refractivity contribution in [3.05, 3.63) is 11.6 Å². The zero-order valence-electron chi connectivity index (χ0n) is 25.4. The third-order valence-corrected chi connectivity index (χ3v) is 7.47. The van der Waals surface area contributed by atoms with Gasteiger partial charge in [0.2, 0.25) is 0 Å². The Morgan fingerprint density at radius 1 is 0.825 bits per heavy atom. The number of carboxylic acids is 1. The minimum Gasteiger partial charge on any atom is -0.479 e. The Balaban J connectivity index is 4.44. The lowest BCUT2D eigenvalue weighted by Gasteiger charge is -2.24. The summed E-state index contributed by atoms with van der Waals surface area (Å²) in [5, 5.41) is 47.6. The van der Waals surface area contributed by atoms with Gasteiger partial charge in [-0.15, -0.1) is 0 Å². The average molecular weight is 573 g/mol. The minimum absolute atomic E-state index is 0.0998. The summed E-state index contributed by atoms with van der Waals surface area (Å²) >= 11 is 0. The highest BCUT2D eigenvalue weighted by molar-refractivity contribution is 6.07. The molecule has 7 atom stereocenters. The Labute approximate surface area is 241 Å². The molecule has 0 aromatic carbocycles. The molecule has 0 radical (unpaired) electrons. The van der Waals surface area contributed by atoms with Crippen LogP contribution in [0.4, 0.5) is 0 Å². The van der Waals surface area contributed by atoms with Gasteiger partial charge >= 0.3 is 11.9 Å². The number of unbranched alkanes of at least 4 members (excludes halogenated alkanes) is 7. The second-order valence-corrected chi connectivity index (χ2v) is 11.5. The molecule has 9 nitrogen and oxygen atoms in total. The van der Waals surface area contributed by atoms with E-state index in [1.807, 2.05) is 13.0 Å². The molecule has 9 heteroatoms. The Hall–Kier alpha value is -1.81. The van der Waals surface area contributed by atoms with Crippen molar-refractivity contribution >= 4 is 17.7 Å². The fraction of sp³-hybridized carbons (Fsp3) is 0.839. The van der Waals surface area contributed by atoms with E-state index in [1.54, 1.807) is 6.92 Å². The van der Waals surface area contributed by atoms with Gasteiger partial charge < -0.3 is 30.3 Å². The van der Waals surface area contributed by atoms with Gasteiger partial charge in [-0.05, 0) is 50.5 Å². The lowest BCUT2D eigenvalue weighted by molar-refractivity contribution is -0.176. The highest BCUT2D eigenvalue weighted by atomic mass is 16.6. The van der Waals surface area contributed by atoms with Crippen LogP contribution in [0.25, 0.3) is 0 Å². The van der Waals surface area contributed by atoms with Gasteiger partial charge in [-0.3, -0.25) is 9.59 Å². The summed E-state index contributed by atoms with van der Waals surface area (Å²) in [4.78, 5) is 36.0. The van der Waals surface area contributed by atoms with Crippen molar-refractivity contribution in [2.45, 2.75) is 143 Å². The van der Waals surface area contributed by atoms with Gasteiger partial charge in [-0.2, -0.15) is 0 Å². The Bertz CT molecular complexity index is 751. The summed E-state index contributed by atoms with van der Waals surface area (Å²) in [5.41, 5.74) is 0.393.